The molecule has 0 radical (unpaired) electrons. The minimum absolute atomic E-state index is 0.00459. The summed E-state index contributed by atoms with van der Waals surface area (Å²) in [5.74, 6) is -0.606. The molecule has 0 unspecified atom stereocenters. The van der Waals surface area contributed by atoms with Crippen molar-refractivity contribution in [3.05, 3.63) is 53.6 Å². The molecule has 7 nitrogen and oxygen atoms in total. The second-order valence-electron chi connectivity index (χ2n) is 8.74. The van der Waals surface area contributed by atoms with Crippen molar-refractivity contribution in [3.8, 4) is 0 Å². The summed E-state index contributed by atoms with van der Waals surface area (Å²) in [5, 5.41) is 2.95. The lowest BCUT2D eigenvalue weighted by atomic mass is 9.98. The zero-order valence-corrected chi connectivity index (χ0v) is 19.5. The normalized spacial score (nSPS) is 21.3. The van der Waals surface area contributed by atoms with Gasteiger partial charge in [-0.25, -0.2) is 8.42 Å². The number of hydrogen-bond donors (Lipinski definition) is 1. The lowest BCUT2D eigenvalue weighted by Gasteiger charge is -2.31. The molecule has 0 spiro atoms. The van der Waals surface area contributed by atoms with E-state index in [1.807, 2.05) is 38.1 Å². The predicted octanol–water partition coefficient (Wildman–Crippen LogP) is 3.33. The van der Waals surface area contributed by atoms with Gasteiger partial charge in [-0.2, -0.15) is 4.31 Å². The van der Waals surface area contributed by atoms with Gasteiger partial charge in [0.2, 0.25) is 21.8 Å². The van der Waals surface area contributed by atoms with Gasteiger partial charge in [-0.3, -0.25) is 9.59 Å². The number of aryl methyl sites for hydroxylation is 1. The summed E-state index contributed by atoms with van der Waals surface area (Å²) in [6.07, 6.45) is 1.91. The highest BCUT2D eigenvalue weighted by molar-refractivity contribution is 7.89. The van der Waals surface area contributed by atoms with Gasteiger partial charge in [0.15, 0.2) is 0 Å². The third-order valence-electron chi connectivity index (χ3n) is 6.40. The lowest BCUT2D eigenvalue weighted by Crippen LogP contribution is -2.43. The average Bonchev–Trinajstić information content (AvgIpc) is 3.10. The van der Waals surface area contributed by atoms with Gasteiger partial charge in [-0.1, -0.05) is 18.2 Å². The average molecular weight is 456 g/mol. The minimum Gasteiger partial charge on any atom is -0.326 e. The van der Waals surface area contributed by atoms with Gasteiger partial charge in [0.25, 0.3) is 0 Å². The maximum absolute atomic E-state index is 13.4. The Hall–Kier alpha value is -2.71. The topological polar surface area (TPSA) is 86.8 Å². The van der Waals surface area contributed by atoms with Crippen LogP contribution >= 0.6 is 0 Å². The molecule has 1 fully saturated rings. The maximum atomic E-state index is 13.4. The summed E-state index contributed by atoms with van der Waals surface area (Å²) >= 11 is 0. The van der Waals surface area contributed by atoms with Crippen molar-refractivity contribution in [3.63, 3.8) is 0 Å². The standard InChI is InChI=1S/C24H29N3O4S/c1-16-7-4-5-9-22(16)25-24(29)19-8-6-12-26(15-19)32(30,31)21-10-11-23-20(14-21)13-17(2)27(23)18(3)28/h4-5,7,9-11,14,17,19H,6,8,12-13,15H2,1-3H3,(H,25,29)/t17-,19+/m0/s1. The van der Waals surface area contributed by atoms with E-state index in [9.17, 15) is 18.0 Å². The zero-order valence-electron chi connectivity index (χ0n) is 18.7. The van der Waals surface area contributed by atoms with Crippen molar-refractivity contribution in [2.45, 2.75) is 51.0 Å². The largest absolute Gasteiger partial charge is 0.326 e. The Balaban J connectivity index is 1.52. The Bertz CT molecular complexity index is 1160. The number of fused-ring (bicyclic) bond motifs is 1. The van der Waals surface area contributed by atoms with Crippen LogP contribution in [-0.2, 0) is 26.0 Å². The first-order valence-corrected chi connectivity index (χ1v) is 12.4. The fraction of sp³-hybridized carbons (Fsp3) is 0.417. The van der Waals surface area contributed by atoms with Crippen LogP contribution in [0, 0.1) is 12.8 Å². The van der Waals surface area contributed by atoms with Gasteiger partial charge in [-0.05, 0) is 68.5 Å². The van der Waals surface area contributed by atoms with Crippen LogP contribution in [0.1, 0.15) is 37.8 Å². The summed E-state index contributed by atoms with van der Waals surface area (Å²) in [5.41, 5.74) is 3.35. The van der Waals surface area contributed by atoms with Crippen molar-refractivity contribution in [2.75, 3.05) is 23.3 Å². The van der Waals surface area contributed by atoms with Gasteiger partial charge >= 0.3 is 0 Å². The number of para-hydroxylation sites is 1. The Morgan fingerprint density at radius 1 is 1.12 bits per heavy atom. The van der Waals surface area contributed by atoms with E-state index in [0.717, 1.165) is 22.5 Å². The third-order valence-corrected chi connectivity index (χ3v) is 8.26. The molecule has 0 saturated carbocycles. The fourth-order valence-electron chi connectivity index (χ4n) is 4.72. The molecule has 2 aromatic carbocycles. The Morgan fingerprint density at radius 3 is 2.59 bits per heavy atom. The molecular formula is C24H29N3O4S. The van der Waals surface area contributed by atoms with Crippen LogP contribution in [0.15, 0.2) is 47.4 Å². The highest BCUT2D eigenvalue weighted by Crippen LogP contribution is 2.35. The molecule has 2 aliphatic rings. The van der Waals surface area contributed by atoms with Crippen LogP contribution in [0.3, 0.4) is 0 Å². The molecule has 0 bridgehead atoms. The molecule has 4 rings (SSSR count). The van der Waals surface area contributed by atoms with Gasteiger partial charge in [0, 0.05) is 37.4 Å². The van der Waals surface area contributed by atoms with Crippen LogP contribution in [0.4, 0.5) is 11.4 Å². The van der Waals surface area contributed by atoms with Crippen molar-refractivity contribution in [1.82, 2.24) is 4.31 Å². The van der Waals surface area contributed by atoms with Crippen LogP contribution in [0.2, 0.25) is 0 Å². The second-order valence-corrected chi connectivity index (χ2v) is 10.7. The molecule has 0 aliphatic carbocycles. The van der Waals surface area contributed by atoms with Gasteiger partial charge in [0.05, 0.1) is 10.8 Å². The molecule has 2 atom stereocenters. The first-order chi connectivity index (χ1) is 15.2. The van der Waals surface area contributed by atoms with Crippen LogP contribution in [0.5, 0.6) is 0 Å². The summed E-state index contributed by atoms with van der Waals surface area (Å²) in [6, 6.07) is 12.5. The zero-order chi connectivity index (χ0) is 23.0. The molecule has 2 amide bonds. The quantitative estimate of drug-likeness (QED) is 0.766. The first-order valence-electron chi connectivity index (χ1n) is 11.0. The molecule has 2 aromatic rings. The molecular weight excluding hydrogens is 426 g/mol. The number of nitrogens with zero attached hydrogens (tertiary/aromatic N) is 2. The molecule has 170 valence electrons. The number of carbonyl (C=O) groups is 2. The minimum atomic E-state index is -3.74. The molecule has 1 saturated heterocycles. The van der Waals surface area contributed by atoms with Crippen molar-refractivity contribution >= 4 is 33.2 Å². The number of carbonyl (C=O) groups excluding carboxylic acids is 2. The van der Waals surface area contributed by atoms with Crippen molar-refractivity contribution in [2.24, 2.45) is 5.92 Å². The van der Waals surface area contributed by atoms with E-state index in [1.165, 1.54) is 11.2 Å². The smallest absolute Gasteiger partial charge is 0.243 e. The number of sulfonamides is 1. The molecule has 8 heteroatoms. The summed E-state index contributed by atoms with van der Waals surface area (Å²) in [7, 11) is -3.74. The number of benzene rings is 2. The van der Waals surface area contributed by atoms with Crippen molar-refractivity contribution in [1.29, 1.82) is 0 Å². The van der Waals surface area contributed by atoms with E-state index in [-0.39, 0.29) is 29.3 Å². The predicted molar refractivity (Wildman–Crippen MR) is 124 cm³/mol. The van der Waals surface area contributed by atoms with E-state index < -0.39 is 15.9 Å². The Labute approximate surface area is 189 Å². The highest BCUT2D eigenvalue weighted by atomic mass is 32.2. The van der Waals surface area contributed by atoms with Crippen LogP contribution in [-0.4, -0.2) is 43.7 Å². The molecule has 2 heterocycles. The highest BCUT2D eigenvalue weighted by Gasteiger charge is 2.35. The molecule has 0 aromatic heterocycles. The molecule has 2 aliphatic heterocycles. The van der Waals surface area contributed by atoms with E-state index >= 15 is 0 Å². The number of hydrogen-bond acceptors (Lipinski definition) is 4. The van der Waals surface area contributed by atoms with E-state index in [4.69, 9.17) is 0 Å². The fourth-order valence-corrected chi connectivity index (χ4v) is 6.29. The van der Waals surface area contributed by atoms with Gasteiger partial charge < -0.3 is 10.2 Å². The van der Waals surface area contributed by atoms with E-state index in [2.05, 4.69) is 5.32 Å². The number of piperidine rings is 1. The van der Waals surface area contributed by atoms with E-state index in [0.29, 0.717) is 25.8 Å². The van der Waals surface area contributed by atoms with E-state index in [1.54, 1.807) is 23.1 Å². The molecule has 1 N–H and O–H groups in total. The van der Waals surface area contributed by atoms with Crippen LogP contribution < -0.4 is 10.2 Å². The third kappa shape index (κ3) is 4.17. The Morgan fingerprint density at radius 2 is 1.88 bits per heavy atom. The first kappa shape index (κ1) is 22.5. The summed E-state index contributed by atoms with van der Waals surface area (Å²) in [4.78, 5) is 26.7. The SMILES string of the molecule is CC(=O)N1c2ccc(S(=O)(=O)N3CCC[C@@H](C(=O)Nc4ccccc4C)C3)cc2C[C@@H]1C. The number of nitrogens with one attached hydrogen (secondary N) is 1. The number of amides is 2. The monoisotopic (exact) mass is 455 g/mol. The second kappa shape index (κ2) is 8.67. The number of anilines is 2. The summed E-state index contributed by atoms with van der Waals surface area (Å²) < 4.78 is 28.2. The molecule has 32 heavy (non-hydrogen) atoms. The Kier molecular flexibility index (Phi) is 6.09. The van der Waals surface area contributed by atoms with Crippen molar-refractivity contribution < 1.29 is 18.0 Å². The van der Waals surface area contributed by atoms with Gasteiger partial charge in [-0.15, -0.1) is 0 Å². The number of rotatable bonds is 4. The van der Waals surface area contributed by atoms with Gasteiger partial charge in [0.1, 0.15) is 0 Å². The maximum Gasteiger partial charge on any atom is 0.243 e. The lowest BCUT2D eigenvalue weighted by molar-refractivity contribution is -0.121. The van der Waals surface area contributed by atoms with Crippen LogP contribution in [0.25, 0.3) is 0 Å². The summed E-state index contributed by atoms with van der Waals surface area (Å²) in [6.45, 7) is 5.95.